The summed E-state index contributed by atoms with van der Waals surface area (Å²) in [6.45, 7) is 0. The zero-order chi connectivity index (χ0) is 34.4. The average molecular weight is 662 g/mol. The molecule has 52 heavy (non-hydrogen) atoms. The molecule has 0 atom stereocenters. The number of aromatic nitrogens is 3. The van der Waals surface area contributed by atoms with Crippen molar-refractivity contribution in [3.63, 3.8) is 0 Å². The van der Waals surface area contributed by atoms with E-state index in [1.54, 1.807) is 0 Å². The molecule has 0 N–H and O–H groups in total. The lowest BCUT2D eigenvalue weighted by atomic mass is 9.87. The molecule has 0 radical (unpaired) electrons. The molecule has 0 spiro atoms. The molecule has 0 saturated heterocycles. The lowest BCUT2D eigenvalue weighted by Gasteiger charge is -2.16. The van der Waals surface area contributed by atoms with E-state index in [1.807, 2.05) is 30.6 Å². The molecule has 8 aromatic carbocycles. The molecular weight excluding hydrogens is 631 g/mol. The summed E-state index contributed by atoms with van der Waals surface area (Å²) in [5.74, 6) is 0.696. The maximum Gasteiger partial charge on any atom is 0.160 e. The Kier molecular flexibility index (Phi) is 7.14. The lowest BCUT2D eigenvalue weighted by molar-refractivity contribution is 1.18. The van der Waals surface area contributed by atoms with E-state index in [4.69, 9.17) is 9.97 Å². The van der Waals surface area contributed by atoms with Crippen molar-refractivity contribution in [1.29, 1.82) is 0 Å². The van der Waals surface area contributed by atoms with Crippen molar-refractivity contribution in [2.75, 3.05) is 0 Å². The van der Waals surface area contributed by atoms with Gasteiger partial charge >= 0.3 is 0 Å². The molecule has 3 heteroatoms. The maximum absolute atomic E-state index is 5.14. The summed E-state index contributed by atoms with van der Waals surface area (Å²) >= 11 is 0. The van der Waals surface area contributed by atoms with Crippen LogP contribution in [0.2, 0.25) is 0 Å². The third kappa shape index (κ3) is 5.10. The molecule has 0 unspecified atom stereocenters. The Morgan fingerprint density at radius 3 is 1.38 bits per heavy atom. The summed E-state index contributed by atoms with van der Waals surface area (Å²) in [5, 5.41) is 10.2. The monoisotopic (exact) mass is 661 g/mol. The SMILES string of the molecule is c1ccc(-c2cc(-c3ccc(-c4ccncc4)cc3)nc(-c3ccc(-c4cc5c6ccccc6c6ccccc6c5c5ccccc45)cc3)n2)cc1. The van der Waals surface area contributed by atoms with Gasteiger partial charge in [-0.3, -0.25) is 4.98 Å². The Morgan fingerprint density at radius 2 is 0.731 bits per heavy atom. The van der Waals surface area contributed by atoms with Crippen LogP contribution >= 0.6 is 0 Å². The third-order valence-electron chi connectivity index (χ3n) is 10.2. The second-order valence-electron chi connectivity index (χ2n) is 13.2. The van der Waals surface area contributed by atoms with Crippen molar-refractivity contribution in [2.45, 2.75) is 0 Å². The first-order chi connectivity index (χ1) is 25.8. The summed E-state index contributed by atoms with van der Waals surface area (Å²) in [5.41, 5.74) is 9.48. The molecule has 2 aromatic heterocycles. The average Bonchev–Trinajstić information content (AvgIpc) is 3.24. The summed E-state index contributed by atoms with van der Waals surface area (Å²) in [6, 6.07) is 62.6. The van der Waals surface area contributed by atoms with Crippen LogP contribution in [0.25, 0.3) is 99.2 Å². The van der Waals surface area contributed by atoms with Crippen LogP contribution in [0.1, 0.15) is 0 Å². The Balaban J connectivity index is 1.11. The minimum Gasteiger partial charge on any atom is -0.265 e. The maximum atomic E-state index is 5.14. The molecule has 0 bridgehead atoms. The summed E-state index contributed by atoms with van der Waals surface area (Å²) in [7, 11) is 0. The fraction of sp³-hybridized carbons (Fsp3) is 0. The number of hydrogen-bond donors (Lipinski definition) is 0. The predicted molar refractivity (Wildman–Crippen MR) is 217 cm³/mol. The van der Waals surface area contributed by atoms with E-state index in [0.717, 1.165) is 44.8 Å². The van der Waals surface area contributed by atoms with Gasteiger partial charge in [0.2, 0.25) is 0 Å². The van der Waals surface area contributed by atoms with E-state index in [1.165, 1.54) is 48.7 Å². The zero-order valence-electron chi connectivity index (χ0n) is 28.2. The van der Waals surface area contributed by atoms with Crippen LogP contribution < -0.4 is 0 Å². The Morgan fingerprint density at radius 1 is 0.288 bits per heavy atom. The van der Waals surface area contributed by atoms with Gasteiger partial charge in [0.25, 0.3) is 0 Å². The highest BCUT2D eigenvalue weighted by atomic mass is 14.9. The van der Waals surface area contributed by atoms with Gasteiger partial charge in [0.05, 0.1) is 11.4 Å². The standard InChI is InChI=1S/C49H31N3/c1-2-10-35(11-3-1)46-31-47(36-22-18-32(19-23-36)33-26-28-50-29-27-33)52-49(51-46)37-24-20-34(21-25-37)44-30-45-40-14-5-4-12-38(40)39-13-6-8-16-42(39)48(45)43-17-9-7-15-41(43)44/h1-31H. The van der Waals surface area contributed by atoms with Gasteiger partial charge in [-0.2, -0.15) is 0 Å². The highest BCUT2D eigenvalue weighted by molar-refractivity contribution is 6.33. The topological polar surface area (TPSA) is 38.7 Å². The Labute approximate surface area is 301 Å². The van der Waals surface area contributed by atoms with Gasteiger partial charge in [-0.15, -0.1) is 0 Å². The molecule has 0 fully saturated rings. The molecule has 242 valence electrons. The number of nitrogens with zero attached hydrogens (tertiary/aromatic N) is 3. The zero-order valence-corrected chi connectivity index (χ0v) is 28.2. The molecule has 10 aromatic rings. The van der Waals surface area contributed by atoms with E-state index in [0.29, 0.717) is 5.82 Å². The van der Waals surface area contributed by atoms with Crippen LogP contribution in [-0.2, 0) is 0 Å². The second kappa shape index (κ2) is 12.4. The number of rotatable bonds is 5. The molecule has 0 amide bonds. The Bertz CT molecular complexity index is 2920. The normalized spacial score (nSPS) is 11.5. The summed E-state index contributed by atoms with van der Waals surface area (Å²) < 4.78 is 0. The highest BCUT2D eigenvalue weighted by Gasteiger charge is 2.16. The first-order valence-corrected chi connectivity index (χ1v) is 17.6. The fourth-order valence-electron chi connectivity index (χ4n) is 7.66. The van der Waals surface area contributed by atoms with E-state index < -0.39 is 0 Å². The van der Waals surface area contributed by atoms with Crippen molar-refractivity contribution in [3.8, 4) is 56.2 Å². The van der Waals surface area contributed by atoms with Crippen molar-refractivity contribution in [3.05, 3.63) is 188 Å². The molecule has 0 aliphatic heterocycles. The quantitative estimate of drug-likeness (QED) is 0.172. The molecule has 2 heterocycles. The molecule has 0 saturated carbocycles. The molecular formula is C49H31N3. The third-order valence-corrected chi connectivity index (χ3v) is 10.2. The van der Waals surface area contributed by atoms with Crippen molar-refractivity contribution in [2.24, 2.45) is 0 Å². The van der Waals surface area contributed by atoms with Gasteiger partial charge in [0.1, 0.15) is 0 Å². The van der Waals surface area contributed by atoms with Crippen LogP contribution in [0, 0.1) is 0 Å². The van der Waals surface area contributed by atoms with E-state index in [9.17, 15) is 0 Å². The highest BCUT2D eigenvalue weighted by Crippen LogP contribution is 2.43. The van der Waals surface area contributed by atoms with E-state index in [-0.39, 0.29) is 0 Å². The van der Waals surface area contributed by atoms with Crippen molar-refractivity contribution >= 4 is 43.1 Å². The van der Waals surface area contributed by atoms with Crippen LogP contribution in [0.3, 0.4) is 0 Å². The van der Waals surface area contributed by atoms with Crippen molar-refractivity contribution < 1.29 is 0 Å². The largest absolute Gasteiger partial charge is 0.265 e. The van der Waals surface area contributed by atoms with Gasteiger partial charge in [0, 0.05) is 29.1 Å². The smallest absolute Gasteiger partial charge is 0.160 e. The van der Waals surface area contributed by atoms with Gasteiger partial charge in [-0.05, 0) is 89.6 Å². The molecule has 3 nitrogen and oxygen atoms in total. The van der Waals surface area contributed by atoms with Crippen LogP contribution in [-0.4, -0.2) is 15.0 Å². The minimum atomic E-state index is 0.696. The molecule has 10 rings (SSSR count). The summed E-state index contributed by atoms with van der Waals surface area (Å²) in [6.07, 6.45) is 3.65. The van der Waals surface area contributed by atoms with Crippen LogP contribution in [0.4, 0.5) is 0 Å². The first kappa shape index (κ1) is 29.9. The van der Waals surface area contributed by atoms with Gasteiger partial charge in [-0.1, -0.05) is 152 Å². The van der Waals surface area contributed by atoms with Crippen molar-refractivity contribution in [1.82, 2.24) is 15.0 Å². The Hall–Kier alpha value is -6.97. The number of fused-ring (bicyclic) bond motifs is 8. The predicted octanol–water partition coefficient (Wildman–Crippen LogP) is 12.8. The second-order valence-corrected chi connectivity index (χ2v) is 13.2. The van der Waals surface area contributed by atoms with Crippen LogP contribution in [0.5, 0.6) is 0 Å². The van der Waals surface area contributed by atoms with Gasteiger partial charge in [0.15, 0.2) is 5.82 Å². The molecule has 0 aliphatic carbocycles. The van der Waals surface area contributed by atoms with Crippen LogP contribution in [0.15, 0.2) is 188 Å². The van der Waals surface area contributed by atoms with E-state index in [2.05, 4.69) is 163 Å². The first-order valence-electron chi connectivity index (χ1n) is 17.6. The molecule has 0 aliphatic rings. The van der Waals surface area contributed by atoms with E-state index >= 15 is 0 Å². The van der Waals surface area contributed by atoms with Gasteiger partial charge in [-0.25, -0.2) is 9.97 Å². The summed E-state index contributed by atoms with van der Waals surface area (Å²) in [4.78, 5) is 14.4. The van der Waals surface area contributed by atoms with Gasteiger partial charge < -0.3 is 0 Å². The lowest BCUT2D eigenvalue weighted by Crippen LogP contribution is -1.96. The number of hydrogen-bond acceptors (Lipinski definition) is 3. The number of benzene rings is 8. The number of pyridine rings is 1. The fourth-order valence-corrected chi connectivity index (χ4v) is 7.66. The minimum absolute atomic E-state index is 0.696.